The molecule has 0 amide bonds. The molecule has 1 unspecified atom stereocenters. The zero-order valence-corrected chi connectivity index (χ0v) is 13.0. The highest BCUT2D eigenvalue weighted by Gasteiger charge is 2.34. The fraction of sp³-hybridized carbons (Fsp3) is 0.600. The molecule has 0 aliphatic heterocycles. The first-order valence-corrected chi connectivity index (χ1v) is 7.87. The normalized spacial score (nSPS) is 16.9. The van der Waals surface area contributed by atoms with Crippen molar-refractivity contribution in [2.45, 2.75) is 44.7 Å². The maximum Gasteiger partial charge on any atom is 0.128 e. The van der Waals surface area contributed by atoms with E-state index in [1.807, 2.05) is 6.07 Å². The lowest BCUT2D eigenvalue weighted by Gasteiger charge is -2.31. The highest BCUT2D eigenvalue weighted by atomic mass is 79.9. The maximum absolute atomic E-state index is 14.1. The van der Waals surface area contributed by atoms with E-state index in [1.165, 1.54) is 18.9 Å². The lowest BCUT2D eigenvalue weighted by molar-refractivity contribution is 0.184. The van der Waals surface area contributed by atoms with Gasteiger partial charge in [0.05, 0.1) is 6.04 Å². The first kappa shape index (κ1) is 14.9. The minimum atomic E-state index is -0.152. The smallest absolute Gasteiger partial charge is 0.128 e. The Bertz CT molecular complexity index is 421. The van der Waals surface area contributed by atoms with Crippen LogP contribution in [0.15, 0.2) is 22.7 Å². The largest absolute Gasteiger partial charge is 0.329 e. The van der Waals surface area contributed by atoms with Crippen molar-refractivity contribution in [2.24, 2.45) is 5.73 Å². The lowest BCUT2D eigenvalue weighted by atomic mass is 10.0. The molecule has 2 rings (SSSR count). The molecule has 1 saturated carbocycles. The third-order valence-electron chi connectivity index (χ3n) is 3.73. The topological polar surface area (TPSA) is 29.3 Å². The second-order valence-electron chi connectivity index (χ2n) is 5.24. The zero-order chi connectivity index (χ0) is 13.8. The third kappa shape index (κ3) is 3.77. The Morgan fingerprint density at radius 2 is 2.21 bits per heavy atom. The first-order valence-electron chi connectivity index (χ1n) is 7.08. The van der Waals surface area contributed by atoms with Crippen LogP contribution in [-0.4, -0.2) is 24.0 Å². The summed E-state index contributed by atoms with van der Waals surface area (Å²) in [6.45, 7) is 3.66. The molecule has 2 nitrogen and oxygen atoms in total. The monoisotopic (exact) mass is 328 g/mol. The van der Waals surface area contributed by atoms with Crippen LogP contribution >= 0.6 is 15.9 Å². The first-order chi connectivity index (χ1) is 9.17. The van der Waals surface area contributed by atoms with Gasteiger partial charge in [0.1, 0.15) is 5.82 Å². The van der Waals surface area contributed by atoms with Crippen LogP contribution in [-0.2, 0) is 0 Å². The van der Waals surface area contributed by atoms with Gasteiger partial charge in [0.15, 0.2) is 0 Å². The summed E-state index contributed by atoms with van der Waals surface area (Å²) < 4.78 is 15.0. The SMILES string of the molecule is CCCCN(C1CC1)C(CN)c1cc(Br)ccc1F. The highest BCUT2D eigenvalue weighted by Crippen LogP contribution is 2.35. The predicted octanol–water partition coefficient (Wildman–Crippen LogP) is 3.85. The standard InChI is InChI=1S/C15H22BrFN2/c1-2-3-8-19(12-5-6-12)15(10-18)13-9-11(16)4-7-14(13)17/h4,7,9,12,15H,2-3,5-6,8,10,18H2,1H3. The van der Waals surface area contributed by atoms with Crippen molar-refractivity contribution in [3.05, 3.63) is 34.1 Å². The number of rotatable bonds is 7. The van der Waals surface area contributed by atoms with Crippen LogP contribution in [0.1, 0.15) is 44.2 Å². The lowest BCUT2D eigenvalue weighted by Crippen LogP contribution is -2.36. The van der Waals surface area contributed by atoms with Crippen molar-refractivity contribution >= 4 is 15.9 Å². The Morgan fingerprint density at radius 3 is 2.79 bits per heavy atom. The Labute approximate surface area is 123 Å². The predicted molar refractivity (Wildman–Crippen MR) is 80.5 cm³/mol. The van der Waals surface area contributed by atoms with Crippen LogP contribution in [0.5, 0.6) is 0 Å². The number of hydrogen-bond acceptors (Lipinski definition) is 2. The van der Waals surface area contributed by atoms with Crippen molar-refractivity contribution in [1.82, 2.24) is 4.90 Å². The van der Waals surface area contributed by atoms with E-state index in [9.17, 15) is 4.39 Å². The molecular formula is C15H22BrFN2. The molecule has 2 N–H and O–H groups in total. The molecule has 4 heteroatoms. The van der Waals surface area contributed by atoms with Gasteiger partial charge in [-0.15, -0.1) is 0 Å². The molecule has 0 spiro atoms. The summed E-state index contributed by atoms with van der Waals surface area (Å²) in [6, 6.07) is 5.72. The summed E-state index contributed by atoms with van der Waals surface area (Å²) in [4.78, 5) is 2.40. The molecule has 19 heavy (non-hydrogen) atoms. The van der Waals surface area contributed by atoms with Gasteiger partial charge in [-0.1, -0.05) is 29.3 Å². The van der Waals surface area contributed by atoms with Crippen molar-refractivity contribution in [3.63, 3.8) is 0 Å². The Morgan fingerprint density at radius 1 is 1.47 bits per heavy atom. The summed E-state index contributed by atoms with van der Waals surface area (Å²) in [5, 5.41) is 0. The molecule has 1 fully saturated rings. The molecule has 1 aliphatic carbocycles. The Hall–Kier alpha value is -0.450. The van der Waals surface area contributed by atoms with Gasteiger partial charge in [-0.05, 0) is 44.0 Å². The third-order valence-corrected chi connectivity index (χ3v) is 4.22. The number of nitrogens with zero attached hydrogens (tertiary/aromatic N) is 1. The van der Waals surface area contributed by atoms with Crippen molar-refractivity contribution in [3.8, 4) is 0 Å². The van der Waals surface area contributed by atoms with E-state index in [2.05, 4.69) is 27.8 Å². The fourth-order valence-electron chi connectivity index (χ4n) is 2.55. The van der Waals surface area contributed by atoms with E-state index in [0.717, 1.165) is 29.4 Å². The number of benzene rings is 1. The minimum absolute atomic E-state index is 0.00319. The Kier molecular flexibility index (Phi) is 5.37. The fourth-order valence-corrected chi connectivity index (χ4v) is 2.93. The van der Waals surface area contributed by atoms with Crippen molar-refractivity contribution in [2.75, 3.05) is 13.1 Å². The van der Waals surface area contributed by atoms with E-state index in [4.69, 9.17) is 5.73 Å². The maximum atomic E-state index is 14.1. The number of nitrogens with two attached hydrogens (primary N) is 1. The van der Waals surface area contributed by atoms with Gasteiger partial charge < -0.3 is 5.73 Å². The molecule has 1 aromatic carbocycles. The molecule has 1 aromatic rings. The second kappa shape index (κ2) is 6.82. The van der Waals surface area contributed by atoms with Crippen LogP contribution in [0.3, 0.4) is 0 Å². The van der Waals surface area contributed by atoms with Gasteiger partial charge in [-0.3, -0.25) is 4.90 Å². The summed E-state index contributed by atoms with van der Waals surface area (Å²) in [5.41, 5.74) is 6.66. The quantitative estimate of drug-likeness (QED) is 0.823. The second-order valence-corrected chi connectivity index (χ2v) is 6.16. The number of hydrogen-bond donors (Lipinski definition) is 1. The van der Waals surface area contributed by atoms with E-state index in [-0.39, 0.29) is 11.9 Å². The molecular weight excluding hydrogens is 307 g/mol. The number of unbranched alkanes of at least 4 members (excludes halogenated alkanes) is 1. The summed E-state index contributed by atoms with van der Waals surface area (Å²) in [7, 11) is 0. The summed E-state index contributed by atoms with van der Waals surface area (Å²) in [5.74, 6) is -0.152. The summed E-state index contributed by atoms with van der Waals surface area (Å²) >= 11 is 3.42. The van der Waals surface area contributed by atoms with Gasteiger partial charge in [0, 0.05) is 22.6 Å². The van der Waals surface area contributed by atoms with Crippen LogP contribution in [0.25, 0.3) is 0 Å². The highest BCUT2D eigenvalue weighted by molar-refractivity contribution is 9.10. The van der Waals surface area contributed by atoms with Crippen LogP contribution in [0.4, 0.5) is 4.39 Å². The average Bonchev–Trinajstić information content (AvgIpc) is 3.22. The van der Waals surface area contributed by atoms with Crippen molar-refractivity contribution < 1.29 is 4.39 Å². The van der Waals surface area contributed by atoms with E-state index < -0.39 is 0 Å². The molecule has 0 saturated heterocycles. The van der Waals surface area contributed by atoms with E-state index >= 15 is 0 Å². The number of halogens is 2. The zero-order valence-electron chi connectivity index (χ0n) is 11.4. The molecule has 1 atom stereocenters. The van der Waals surface area contributed by atoms with Gasteiger partial charge in [-0.25, -0.2) is 4.39 Å². The molecule has 0 heterocycles. The van der Waals surface area contributed by atoms with Gasteiger partial charge in [0.25, 0.3) is 0 Å². The van der Waals surface area contributed by atoms with Gasteiger partial charge in [-0.2, -0.15) is 0 Å². The van der Waals surface area contributed by atoms with Crippen molar-refractivity contribution in [1.29, 1.82) is 0 Å². The van der Waals surface area contributed by atoms with Crippen LogP contribution in [0.2, 0.25) is 0 Å². The van der Waals surface area contributed by atoms with Crippen LogP contribution < -0.4 is 5.73 Å². The molecule has 1 aliphatic rings. The Balaban J connectivity index is 2.22. The summed E-state index contributed by atoms with van der Waals surface area (Å²) in [6.07, 6.45) is 4.73. The molecule has 0 aromatic heterocycles. The van der Waals surface area contributed by atoms with Crippen LogP contribution in [0, 0.1) is 5.82 Å². The molecule has 0 bridgehead atoms. The van der Waals surface area contributed by atoms with E-state index in [1.54, 1.807) is 6.07 Å². The average molecular weight is 329 g/mol. The van der Waals surface area contributed by atoms with Gasteiger partial charge in [0.2, 0.25) is 0 Å². The molecule has 0 radical (unpaired) electrons. The van der Waals surface area contributed by atoms with E-state index in [0.29, 0.717) is 12.6 Å². The molecule has 106 valence electrons. The van der Waals surface area contributed by atoms with Gasteiger partial charge >= 0.3 is 0 Å². The minimum Gasteiger partial charge on any atom is -0.329 e.